The van der Waals surface area contributed by atoms with Crippen LogP contribution in [0.2, 0.25) is 0 Å². The molecule has 0 saturated heterocycles. The lowest BCUT2D eigenvalue weighted by molar-refractivity contribution is 0.300. The molecule has 0 spiro atoms. The van der Waals surface area contributed by atoms with Gasteiger partial charge in [-0.25, -0.2) is 13.8 Å². The molecule has 0 aliphatic rings. The molecule has 90 valence electrons. The zero-order valence-electron chi connectivity index (χ0n) is 8.58. The Balaban J connectivity index is 2.45. The first-order chi connectivity index (χ1) is 8.11. The topological polar surface area (TPSA) is 33.1 Å². The van der Waals surface area contributed by atoms with E-state index in [9.17, 15) is 8.78 Å². The lowest BCUT2D eigenvalue weighted by Crippen LogP contribution is -1.86. The molecule has 0 unspecified atom stereocenters. The third kappa shape index (κ3) is 2.70. The van der Waals surface area contributed by atoms with Gasteiger partial charge in [0.1, 0.15) is 21.2 Å². The molecule has 1 heterocycles. The Bertz CT molecular complexity index is 544. The molecule has 1 aromatic heterocycles. The predicted molar refractivity (Wildman–Crippen MR) is 66.0 cm³/mol. The third-order valence-corrected chi connectivity index (χ3v) is 4.21. The molecule has 6 heteroatoms. The smallest absolute Gasteiger partial charge is 0.133 e. The lowest BCUT2D eigenvalue weighted by Gasteiger charge is -1.98. The molecule has 2 rings (SSSR count). The summed E-state index contributed by atoms with van der Waals surface area (Å²) >= 11 is 4.47. The van der Waals surface area contributed by atoms with Gasteiger partial charge in [-0.1, -0.05) is 0 Å². The summed E-state index contributed by atoms with van der Waals surface area (Å²) in [7, 11) is 0. The van der Waals surface area contributed by atoms with E-state index in [-0.39, 0.29) is 12.2 Å². The van der Waals surface area contributed by atoms with Crippen LogP contribution in [0.5, 0.6) is 0 Å². The van der Waals surface area contributed by atoms with E-state index < -0.39 is 11.6 Å². The number of rotatable bonds is 3. The molecule has 0 aliphatic heterocycles. The molecule has 0 bridgehead atoms. The van der Waals surface area contributed by atoms with Gasteiger partial charge in [-0.2, -0.15) is 0 Å². The van der Waals surface area contributed by atoms with Crippen molar-refractivity contribution in [1.29, 1.82) is 0 Å². The van der Waals surface area contributed by atoms with E-state index in [0.29, 0.717) is 16.0 Å². The summed E-state index contributed by atoms with van der Waals surface area (Å²) < 4.78 is 27.1. The Morgan fingerprint density at radius 3 is 2.82 bits per heavy atom. The largest absolute Gasteiger partial charge is 0.396 e. The second-order valence-corrected chi connectivity index (χ2v) is 5.17. The number of aromatic nitrogens is 1. The van der Waals surface area contributed by atoms with E-state index in [0.717, 1.165) is 23.1 Å². The Hall–Kier alpha value is -0.850. The number of hydrogen-bond acceptors (Lipinski definition) is 3. The van der Waals surface area contributed by atoms with Crippen molar-refractivity contribution in [3.05, 3.63) is 39.3 Å². The Morgan fingerprint density at radius 2 is 2.12 bits per heavy atom. The molecule has 0 aliphatic carbocycles. The number of halogens is 3. The van der Waals surface area contributed by atoms with Crippen molar-refractivity contribution in [3.8, 4) is 10.6 Å². The van der Waals surface area contributed by atoms with Crippen molar-refractivity contribution < 1.29 is 13.9 Å². The monoisotopic (exact) mass is 319 g/mol. The fraction of sp³-hybridized carbons (Fsp3) is 0.182. The van der Waals surface area contributed by atoms with Crippen molar-refractivity contribution in [2.45, 2.75) is 6.42 Å². The zero-order chi connectivity index (χ0) is 12.4. The number of aliphatic hydroxyl groups is 1. The van der Waals surface area contributed by atoms with Gasteiger partial charge in [0, 0.05) is 23.5 Å². The van der Waals surface area contributed by atoms with Crippen LogP contribution < -0.4 is 0 Å². The highest BCUT2D eigenvalue weighted by Gasteiger charge is 2.14. The van der Waals surface area contributed by atoms with Gasteiger partial charge in [-0.15, -0.1) is 11.3 Å². The van der Waals surface area contributed by atoms with Gasteiger partial charge in [0.05, 0.1) is 0 Å². The number of thiazole rings is 1. The van der Waals surface area contributed by atoms with E-state index in [2.05, 4.69) is 20.9 Å². The normalized spacial score (nSPS) is 10.8. The summed E-state index contributed by atoms with van der Waals surface area (Å²) in [5.41, 5.74) is 0.139. The van der Waals surface area contributed by atoms with Crippen LogP contribution in [0.3, 0.4) is 0 Å². The van der Waals surface area contributed by atoms with Crippen molar-refractivity contribution in [2.24, 2.45) is 0 Å². The van der Waals surface area contributed by atoms with Crippen LogP contribution >= 0.6 is 27.3 Å². The van der Waals surface area contributed by atoms with Gasteiger partial charge in [0.2, 0.25) is 0 Å². The van der Waals surface area contributed by atoms with Crippen molar-refractivity contribution in [1.82, 2.24) is 4.98 Å². The highest BCUT2D eigenvalue weighted by molar-refractivity contribution is 9.10. The molecule has 0 radical (unpaired) electrons. The van der Waals surface area contributed by atoms with E-state index in [1.165, 1.54) is 11.3 Å². The maximum Gasteiger partial charge on any atom is 0.133 e. The van der Waals surface area contributed by atoms with Crippen LogP contribution in [-0.4, -0.2) is 16.7 Å². The highest BCUT2D eigenvalue weighted by Crippen LogP contribution is 2.33. The van der Waals surface area contributed by atoms with Gasteiger partial charge in [0.15, 0.2) is 0 Å². The Morgan fingerprint density at radius 1 is 1.35 bits per heavy atom. The predicted octanol–water partition coefficient (Wildman–Crippen LogP) is 3.39. The minimum absolute atomic E-state index is 0.00807. The third-order valence-electron chi connectivity index (χ3n) is 2.15. The van der Waals surface area contributed by atoms with Crippen LogP contribution in [0.15, 0.2) is 22.8 Å². The molecular formula is C11H8BrF2NOS. The molecule has 2 aromatic rings. The summed E-state index contributed by atoms with van der Waals surface area (Å²) in [5, 5.41) is 9.25. The summed E-state index contributed by atoms with van der Waals surface area (Å²) in [6, 6.07) is 3.26. The molecule has 0 saturated carbocycles. The van der Waals surface area contributed by atoms with Crippen molar-refractivity contribution in [2.75, 3.05) is 6.61 Å². The molecule has 0 atom stereocenters. The van der Waals surface area contributed by atoms with Crippen molar-refractivity contribution in [3.63, 3.8) is 0 Å². The van der Waals surface area contributed by atoms with Crippen LogP contribution in [0.4, 0.5) is 8.78 Å². The van der Waals surface area contributed by atoms with E-state index in [1.54, 1.807) is 0 Å². The first-order valence-electron chi connectivity index (χ1n) is 4.83. The van der Waals surface area contributed by atoms with Gasteiger partial charge in [0.25, 0.3) is 0 Å². The number of nitrogens with zero attached hydrogens (tertiary/aromatic N) is 1. The van der Waals surface area contributed by atoms with Crippen LogP contribution in [0.1, 0.15) is 4.88 Å². The molecule has 2 nitrogen and oxygen atoms in total. The Labute approximate surface area is 109 Å². The Kier molecular flexibility index (Phi) is 3.86. The van der Waals surface area contributed by atoms with Crippen LogP contribution in [-0.2, 0) is 6.42 Å². The average molecular weight is 320 g/mol. The molecule has 0 fully saturated rings. The van der Waals surface area contributed by atoms with Crippen LogP contribution in [0.25, 0.3) is 10.6 Å². The fourth-order valence-corrected chi connectivity index (χ4v) is 3.06. The van der Waals surface area contributed by atoms with Gasteiger partial charge >= 0.3 is 0 Å². The van der Waals surface area contributed by atoms with Crippen molar-refractivity contribution >= 4 is 27.3 Å². The summed E-state index contributed by atoms with van der Waals surface area (Å²) in [6.07, 6.45) is 0.440. The summed E-state index contributed by atoms with van der Waals surface area (Å²) in [4.78, 5) is 4.93. The van der Waals surface area contributed by atoms with Gasteiger partial charge < -0.3 is 5.11 Å². The van der Waals surface area contributed by atoms with Crippen LogP contribution in [0, 0.1) is 11.6 Å². The molecule has 1 aromatic carbocycles. The maximum absolute atomic E-state index is 13.5. The van der Waals surface area contributed by atoms with Gasteiger partial charge in [-0.3, -0.25) is 0 Å². The number of benzene rings is 1. The molecule has 17 heavy (non-hydrogen) atoms. The minimum Gasteiger partial charge on any atom is -0.396 e. The second kappa shape index (κ2) is 5.20. The minimum atomic E-state index is -0.511. The number of hydrogen-bond donors (Lipinski definition) is 1. The standard InChI is InChI=1S/C11H8BrF2NOS/c12-10-9(3-4-16)17-11(15-10)7-5-6(13)1-2-8(7)14/h1-2,5,16H,3-4H2. The quantitative estimate of drug-likeness (QED) is 0.940. The lowest BCUT2D eigenvalue weighted by atomic mass is 10.2. The van der Waals surface area contributed by atoms with E-state index >= 15 is 0 Å². The van der Waals surface area contributed by atoms with E-state index in [1.807, 2.05) is 0 Å². The fourth-order valence-electron chi connectivity index (χ4n) is 1.37. The summed E-state index contributed by atoms with van der Waals surface area (Å²) in [6.45, 7) is -0.00807. The average Bonchev–Trinajstić information content (AvgIpc) is 2.64. The maximum atomic E-state index is 13.5. The molecular weight excluding hydrogens is 312 g/mol. The SMILES string of the molecule is OCCc1sc(-c2cc(F)ccc2F)nc1Br. The first kappa shape index (κ1) is 12.6. The number of aliphatic hydroxyl groups excluding tert-OH is 1. The summed E-state index contributed by atoms with van der Waals surface area (Å²) in [5.74, 6) is -1.01. The van der Waals surface area contributed by atoms with Gasteiger partial charge in [-0.05, 0) is 34.1 Å². The molecule has 0 amide bonds. The first-order valence-corrected chi connectivity index (χ1v) is 6.44. The highest BCUT2D eigenvalue weighted by atomic mass is 79.9. The molecule has 1 N–H and O–H groups in total. The zero-order valence-corrected chi connectivity index (χ0v) is 11.0. The van der Waals surface area contributed by atoms with E-state index in [4.69, 9.17) is 5.11 Å². The second-order valence-electron chi connectivity index (χ2n) is 3.33.